The lowest BCUT2D eigenvalue weighted by molar-refractivity contribution is 0.241. The normalized spacial score (nSPS) is 10.5. The lowest BCUT2D eigenvalue weighted by Crippen LogP contribution is -2.28. The Morgan fingerprint density at radius 1 is 1.22 bits per heavy atom. The smallest absolute Gasteiger partial charge is 0.319 e. The van der Waals surface area contributed by atoms with Crippen LogP contribution in [0.5, 0.6) is 5.75 Å². The van der Waals surface area contributed by atoms with Gasteiger partial charge in [-0.2, -0.15) is 0 Å². The van der Waals surface area contributed by atoms with Crippen molar-refractivity contribution in [3.05, 3.63) is 58.9 Å². The van der Waals surface area contributed by atoms with Gasteiger partial charge < -0.3 is 15.4 Å². The number of carbonyl (C=O) groups is 1. The zero-order valence-corrected chi connectivity index (χ0v) is 13.7. The molecule has 122 valence electrons. The Morgan fingerprint density at radius 3 is 2.57 bits per heavy atom. The third-order valence-corrected chi connectivity index (χ3v) is 3.17. The monoisotopic (exact) mass is 336 g/mol. The van der Waals surface area contributed by atoms with E-state index in [-0.39, 0.29) is 11.8 Å². The summed E-state index contributed by atoms with van der Waals surface area (Å²) in [6.45, 7) is 4.04. The highest BCUT2D eigenvalue weighted by atomic mass is 35.5. The molecule has 0 fully saturated rings. The van der Waals surface area contributed by atoms with Crippen molar-refractivity contribution in [1.29, 1.82) is 0 Å². The molecule has 0 aliphatic carbocycles. The van der Waals surface area contributed by atoms with E-state index in [2.05, 4.69) is 10.6 Å². The number of urea groups is 1. The van der Waals surface area contributed by atoms with Crippen molar-refractivity contribution in [2.75, 3.05) is 5.32 Å². The molecule has 0 aliphatic rings. The SMILES string of the molecule is CC(C)Oc1ccc(F)cc1NC(=O)NCc1ccc(Cl)cc1. The standard InChI is InChI=1S/C17H18ClFN2O2/c1-11(2)23-16-8-7-14(19)9-15(16)21-17(22)20-10-12-3-5-13(18)6-4-12/h3-9,11H,10H2,1-2H3,(H2,20,21,22). The first-order valence-electron chi connectivity index (χ1n) is 7.19. The van der Waals surface area contributed by atoms with Crippen molar-refractivity contribution in [2.45, 2.75) is 26.5 Å². The molecule has 0 spiro atoms. The Labute approximate surface area is 139 Å². The van der Waals surface area contributed by atoms with E-state index in [0.717, 1.165) is 5.56 Å². The van der Waals surface area contributed by atoms with Crippen LogP contribution in [0.3, 0.4) is 0 Å². The molecule has 0 bridgehead atoms. The molecule has 4 nitrogen and oxygen atoms in total. The molecule has 0 heterocycles. The lowest BCUT2D eigenvalue weighted by Gasteiger charge is -2.15. The van der Waals surface area contributed by atoms with Gasteiger partial charge in [0, 0.05) is 17.6 Å². The number of nitrogens with one attached hydrogen (secondary N) is 2. The minimum Gasteiger partial charge on any atom is -0.489 e. The van der Waals surface area contributed by atoms with E-state index in [4.69, 9.17) is 16.3 Å². The Bertz CT molecular complexity index is 675. The molecule has 0 radical (unpaired) electrons. The fourth-order valence-electron chi connectivity index (χ4n) is 1.91. The van der Waals surface area contributed by atoms with Crippen LogP contribution in [0.25, 0.3) is 0 Å². The molecule has 2 aromatic carbocycles. The molecule has 0 saturated heterocycles. The number of carbonyl (C=O) groups excluding carboxylic acids is 1. The van der Waals surface area contributed by atoms with Crippen molar-refractivity contribution in [3.8, 4) is 5.75 Å². The fourth-order valence-corrected chi connectivity index (χ4v) is 2.03. The minimum atomic E-state index is -0.450. The zero-order chi connectivity index (χ0) is 16.8. The second-order valence-electron chi connectivity index (χ2n) is 5.24. The second kappa shape index (κ2) is 7.83. The van der Waals surface area contributed by atoms with Crippen molar-refractivity contribution in [2.24, 2.45) is 0 Å². The Morgan fingerprint density at radius 2 is 1.91 bits per heavy atom. The van der Waals surface area contributed by atoms with Crippen LogP contribution in [0.15, 0.2) is 42.5 Å². The van der Waals surface area contributed by atoms with Gasteiger partial charge in [0.25, 0.3) is 0 Å². The summed E-state index contributed by atoms with van der Waals surface area (Å²) in [7, 11) is 0. The predicted octanol–water partition coefficient (Wildman–Crippen LogP) is 4.59. The van der Waals surface area contributed by atoms with Crippen molar-refractivity contribution < 1.29 is 13.9 Å². The number of benzene rings is 2. The first-order valence-corrected chi connectivity index (χ1v) is 7.57. The third kappa shape index (κ3) is 5.45. The molecule has 2 N–H and O–H groups in total. The summed E-state index contributed by atoms with van der Waals surface area (Å²) in [6.07, 6.45) is -0.0851. The van der Waals surface area contributed by atoms with E-state index in [1.807, 2.05) is 26.0 Å². The molecular formula is C17H18ClFN2O2. The lowest BCUT2D eigenvalue weighted by atomic mass is 10.2. The zero-order valence-electron chi connectivity index (χ0n) is 12.9. The quantitative estimate of drug-likeness (QED) is 0.839. The maximum Gasteiger partial charge on any atom is 0.319 e. The topological polar surface area (TPSA) is 50.4 Å². The summed E-state index contributed by atoms with van der Waals surface area (Å²) in [5, 5.41) is 5.93. The van der Waals surface area contributed by atoms with Gasteiger partial charge in [-0.15, -0.1) is 0 Å². The Hall–Kier alpha value is -2.27. The highest BCUT2D eigenvalue weighted by Crippen LogP contribution is 2.26. The number of halogens is 2. The molecule has 0 unspecified atom stereocenters. The molecule has 2 rings (SSSR count). The molecule has 0 aromatic heterocycles. The number of rotatable bonds is 5. The highest BCUT2D eigenvalue weighted by Gasteiger charge is 2.10. The largest absolute Gasteiger partial charge is 0.489 e. The van der Waals surface area contributed by atoms with E-state index in [1.165, 1.54) is 18.2 Å². The summed E-state index contributed by atoms with van der Waals surface area (Å²) >= 11 is 5.81. The molecule has 0 atom stereocenters. The van der Waals surface area contributed by atoms with E-state index in [1.54, 1.807) is 12.1 Å². The van der Waals surface area contributed by atoms with Crippen LogP contribution in [0.4, 0.5) is 14.9 Å². The third-order valence-electron chi connectivity index (χ3n) is 2.92. The van der Waals surface area contributed by atoms with Crippen LogP contribution in [-0.2, 0) is 6.54 Å². The van der Waals surface area contributed by atoms with Crippen LogP contribution in [0, 0.1) is 5.82 Å². The van der Waals surface area contributed by atoms with Gasteiger partial charge >= 0.3 is 6.03 Å². The molecule has 0 saturated carbocycles. The maximum absolute atomic E-state index is 13.4. The van der Waals surface area contributed by atoms with Gasteiger partial charge in [0.15, 0.2) is 0 Å². The van der Waals surface area contributed by atoms with Crippen LogP contribution in [0.1, 0.15) is 19.4 Å². The Balaban J connectivity index is 1.99. The number of amides is 2. The number of anilines is 1. The van der Waals surface area contributed by atoms with Crippen LogP contribution >= 0.6 is 11.6 Å². The Kier molecular flexibility index (Phi) is 5.82. The molecule has 6 heteroatoms. The predicted molar refractivity (Wildman–Crippen MR) is 89.5 cm³/mol. The summed E-state index contributed by atoms with van der Waals surface area (Å²) < 4.78 is 18.9. The van der Waals surface area contributed by atoms with Gasteiger partial charge in [-0.3, -0.25) is 0 Å². The average molecular weight is 337 g/mol. The summed E-state index contributed by atoms with van der Waals surface area (Å²) in [4.78, 5) is 12.0. The maximum atomic E-state index is 13.4. The first kappa shape index (κ1) is 17.1. The van der Waals surface area contributed by atoms with E-state index in [9.17, 15) is 9.18 Å². The van der Waals surface area contributed by atoms with E-state index >= 15 is 0 Å². The van der Waals surface area contributed by atoms with E-state index in [0.29, 0.717) is 17.3 Å². The van der Waals surface area contributed by atoms with Gasteiger partial charge in [0.2, 0.25) is 0 Å². The van der Waals surface area contributed by atoms with Crippen LogP contribution in [-0.4, -0.2) is 12.1 Å². The number of hydrogen-bond acceptors (Lipinski definition) is 2. The first-order chi connectivity index (χ1) is 10.9. The van der Waals surface area contributed by atoms with Gasteiger partial charge in [-0.05, 0) is 43.7 Å². The molecule has 2 amide bonds. The summed E-state index contributed by atoms with van der Waals surface area (Å²) in [5.74, 6) is -0.0304. The molecule has 23 heavy (non-hydrogen) atoms. The van der Waals surface area contributed by atoms with Gasteiger partial charge in [0.05, 0.1) is 11.8 Å². The number of ether oxygens (including phenoxy) is 1. The average Bonchev–Trinajstić information content (AvgIpc) is 2.49. The van der Waals surface area contributed by atoms with E-state index < -0.39 is 11.8 Å². The van der Waals surface area contributed by atoms with Gasteiger partial charge in [0.1, 0.15) is 11.6 Å². The molecule has 2 aromatic rings. The summed E-state index contributed by atoms with van der Waals surface area (Å²) in [6, 6.07) is 10.7. The summed E-state index contributed by atoms with van der Waals surface area (Å²) in [5.41, 5.74) is 1.19. The van der Waals surface area contributed by atoms with Crippen molar-refractivity contribution >= 4 is 23.3 Å². The van der Waals surface area contributed by atoms with Crippen LogP contribution < -0.4 is 15.4 Å². The highest BCUT2D eigenvalue weighted by molar-refractivity contribution is 6.30. The van der Waals surface area contributed by atoms with Crippen molar-refractivity contribution in [1.82, 2.24) is 5.32 Å². The number of hydrogen-bond donors (Lipinski definition) is 2. The molecule has 0 aliphatic heterocycles. The minimum absolute atomic E-state index is 0.0851. The van der Waals surface area contributed by atoms with Crippen molar-refractivity contribution in [3.63, 3.8) is 0 Å². The fraction of sp³-hybridized carbons (Fsp3) is 0.235. The van der Waals surface area contributed by atoms with Gasteiger partial charge in [-0.25, -0.2) is 9.18 Å². The van der Waals surface area contributed by atoms with Crippen LogP contribution in [0.2, 0.25) is 5.02 Å². The molecular weight excluding hydrogens is 319 g/mol. The second-order valence-corrected chi connectivity index (χ2v) is 5.68. The van der Waals surface area contributed by atoms with Gasteiger partial charge in [-0.1, -0.05) is 23.7 Å².